The molecule has 0 aliphatic heterocycles. The summed E-state index contributed by atoms with van der Waals surface area (Å²) in [6.45, 7) is 1.88. The standard InChI is InChI=1S/C7H8ClNO2S.Na.H/c1-6-2-4-7(5-3-6)12(10,11)9-8;;/h2-5,9H,1H3;;. The van der Waals surface area contributed by atoms with E-state index in [1.54, 1.807) is 16.4 Å². The predicted octanol–water partition coefficient (Wildman–Crippen LogP) is 0.779. The molecule has 1 N–H and O–H groups in total. The van der Waals surface area contributed by atoms with Gasteiger partial charge in [-0.05, 0) is 30.8 Å². The molecule has 6 heteroatoms. The molecule has 0 aliphatic rings. The molecule has 1 rings (SSSR count). The summed E-state index contributed by atoms with van der Waals surface area (Å²) in [5.74, 6) is 0. The third-order valence-electron chi connectivity index (χ3n) is 1.43. The molecule has 13 heavy (non-hydrogen) atoms. The van der Waals surface area contributed by atoms with E-state index in [2.05, 4.69) is 0 Å². The van der Waals surface area contributed by atoms with Crippen molar-refractivity contribution in [3.05, 3.63) is 29.8 Å². The number of halogens is 1. The molecule has 0 radical (unpaired) electrons. The molecule has 0 spiro atoms. The van der Waals surface area contributed by atoms with Crippen molar-refractivity contribution in [1.82, 2.24) is 4.24 Å². The van der Waals surface area contributed by atoms with E-state index in [9.17, 15) is 8.42 Å². The van der Waals surface area contributed by atoms with Crippen LogP contribution in [0, 0.1) is 6.92 Å². The summed E-state index contributed by atoms with van der Waals surface area (Å²) in [6, 6.07) is 6.42. The first-order valence-electron chi connectivity index (χ1n) is 3.25. The van der Waals surface area contributed by atoms with E-state index >= 15 is 0 Å². The second-order valence-electron chi connectivity index (χ2n) is 2.39. The average Bonchev–Trinajstić information content (AvgIpc) is 2.05. The summed E-state index contributed by atoms with van der Waals surface area (Å²) in [5, 5.41) is 0. The summed E-state index contributed by atoms with van der Waals surface area (Å²) >= 11 is 5.03. The van der Waals surface area contributed by atoms with Gasteiger partial charge in [-0.2, -0.15) is 0 Å². The molecule has 0 bridgehead atoms. The summed E-state index contributed by atoms with van der Waals surface area (Å²) < 4.78 is 23.9. The van der Waals surface area contributed by atoms with Gasteiger partial charge in [0.2, 0.25) is 0 Å². The van der Waals surface area contributed by atoms with Gasteiger partial charge in [-0.15, -0.1) is 4.24 Å². The van der Waals surface area contributed by atoms with Crippen LogP contribution in [0.2, 0.25) is 0 Å². The third-order valence-corrected chi connectivity index (χ3v) is 3.14. The van der Waals surface area contributed by atoms with E-state index in [-0.39, 0.29) is 34.5 Å². The number of benzene rings is 1. The summed E-state index contributed by atoms with van der Waals surface area (Å²) in [6.07, 6.45) is 0. The van der Waals surface area contributed by atoms with Crippen molar-refractivity contribution in [2.45, 2.75) is 11.8 Å². The number of sulfonamides is 1. The van der Waals surface area contributed by atoms with E-state index in [0.717, 1.165) is 5.56 Å². The zero-order valence-electron chi connectivity index (χ0n) is 6.41. The normalized spacial score (nSPS) is 10.6. The maximum atomic E-state index is 11.1. The van der Waals surface area contributed by atoms with Gasteiger partial charge in [-0.25, -0.2) is 8.42 Å². The van der Waals surface area contributed by atoms with Crippen molar-refractivity contribution in [1.29, 1.82) is 0 Å². The van der Waals surface area contributed by atoms with Gasteiger partial charge in [0.1, 0.15) is 0 Å². The third kappa shape index (κ3) is 3.58. The molecule has 0 saturated carbocycles. The van der Waals surface area contributed by atoms with Crippen LogP contribution in [0.5, 0.6) is 0 Å². The van der Waals surface area contributed by atoms with Gasteiger partial charge in [-0.3, -0.25) is 0 Å². The summed E-state index contributed by atoms with van der Waals surface area (Å²) in [5.41, 5.74) is 1.00. The Morgan fingerprint density at radius 1 is 1.23 bits per heavy atom. The molecule has 0 unspecified atom stereocenters. The van der Waals surface area contributed by atoms with Gasteiger partial charge in [0.25, 0.3) is 10.0 Å². The van der Waals surface area contributed by atoms with Gasteiger partial charge in [0, 0.05) is 0 Å². The van der Waals surface area contributed by atoms with E-state index in [0.29, 0.717) is 0 Å². The van der Waals surface area contributed by atoms with Crippen LogP contribution in [-0.2, 0) is 10.0 Å². The van der Waals surface area contributed by atoms with Crippen LogP contribution < -0.4 is 4.24 Å². The maximum absolute atomic E-state index is 11.1. The molecule has 0 saturated heterocycles. The summed E-state index contributed by atoms with van der Waals surface area (Å²) in [7, 11) is -3.50. The molecular weight excluding hydrogens is 221 g/mol. The van der Waals surface area contributed by atoms with Crippen LogP contribution in [-0.4, -0.2) is 38.0 Å². The predicted molar refractivity (Wildman–Crippen MR) is 54.5 cm³/mol. The molecule has 0 aromatic heterocycles. The Morgan fingerprint density at radius 2 is 1.69 bits per heavy atom. The zero-order valence-corrected chi connectivity index (χ0v) is 7.98. The SMILES string of the molecule is Cc1ccc(S(=O)(=O)NCl)cc1.[NaH]. The Bertz CT molecular complexity index is 363. The fraction of sp³-hybridized carbons (Fsp3) is 0.143. The minimum absolute atomic E-state index is 0. The van der Waals surface area contributed by atoms with Crippen LogP contribution in [0.1, 0.15) is 5.56 Å². The Labute approximate surface area is 105 Å². The average molecular weight is 230 g/mol. The molecule has 0 fully saturated rings. The van der Waals surface area contributed by atoms with Crippen LogP contribution in [0.25, 0.3) is 0 Å². The monoisotopic (exact) mass is 229 g/mol. The molecule has 1 aromatic rings. The van der Waals surface area contributed by atoms with E-state index in [1.165, 1.54) is 12.1 Å². The van der Waals surface area contributed by atoms with Crippen molar-refractivity contribution in [2.24, 2.45) is 0 Å². The quantitative estimate of drug-likeness (QED) is 0.602. The van der Waals surface area contributed by atoms with Gasteiger partial charge in [0.15, 0.2) is 0 Å². The number of nitrogens with one attached hydrogen (secondary N) is 1. The van der Waals surface area contributed by atoms with Crippen LogP contribution >= 0.6 is 11.8 Å². The Balaban J connectivity index is 0.00000144. The van der Waals surface area contributed by atoms with Crippen LogP contribution in [0.4, 0.5) is 0 Å². The fourth-order valence-corrected chi connectivity index (χ4v) is 1.61. The first-order chi connectivity index (χ1) is 5.56. The van der Waals surface area contributed by atoms with E-state index in [1.807, 2.05) is 6.92 Å². The molecule has 0 amide bonds. The number of aryl methyl sites for hydroxylation is 1. The number of rotatable bonds is 2. The Morgan fingerprint density at radius 3 is 2.08 bits per heavy atom. The van der Waals surface area contributed by atoms with Crippen LogP contribution in [0.15, 0.2) is 29.2 Å². The van der Waals surface area contributed by atoms with Gasteiger partial charge < -0.3 is 0 Å². The molecule has 68 valence electrons. The molecule has 0 aliphatic carbocycles. The first-order valence-corrected chi connectivity index (χ1v) is 5.11. The zero-order chi connectivity index (χ0) is 9.19. The Hall–Kier alpha value is 0.420. The van der Waals surface area contributed by atoms with E-state index in [4.69, 9.17) is 11.8 Å². The molecular formula is C7H9ClNNaO2S. The molecule has 0 atom stereocenters. The second kappa shape index (κ2) is 5.34. The molecule has 3 nitrogen and oxygen atoms in total. The van der Waals surface area contributed by atoms with Gasteiger partial charge >= 0.3 is 29.6 Å². The van der Waals surface area contributed by atoms with Crippen molar-refractivity contribution < 1.29 is 8.42 Å². The van der Waals surface area contributed by atoms with Crippen LogP contribution in [0.3, 0.4) is 0 Å². The summed E-state index contributed by atoms with van der Waals surface area (Å²) in [4.78, 5) is 0.170. The second-order valence-corrected chi connectivity index (χ2v) is 4.49. The van der Waals surface area contributed by atoms with Gasteiger partial charge in [0.05, 0.1) is 4.90 Å². The molecule has 1 aromatic carbocycles. The topological polar surface area (TPSA) is 46.2 Å². The molecule has 0 heterocycles. The van der Waals surface area contributed by atoms with Crippen molar-refractivity contribution in [3.63, 3.8) is 0 Å². The van der Waals surface area contributed by atoms with Crippen molar-refractivity contribution >= 4 is 51.4 Å². The first kappa shape index (κ1) is 13.4. The fourth-order valence-electron chi connectivity index (χ4n) is 0.762. The van der Waals surface area contributed by atoms with E-state index < -0.39 is 10.0 Å². The van der Waals surface area contributed by atoms with Gasteiger partial charge in [-0.1, -0.05) is 17.7 Å². The number of hydrogen-bond donors (Lipinski definition) is 1. The minimum atomic E-state index is -3.50. The Kier molecular flexibility index (Phi) is 5.51. The van der Waals surface area contributed by atoms with Crippen molar-refractivity contribution in [3.8, 4) is 0 Å². The van der Waals surface area contributed by atoms with Crippen molar-refractivity contribution in [2.75, 3.05) is 0 Å². The number of hydrogen-bond acceptors (Lipinski definition) is 2.